The standard InChI is InChI=1S/C13H16ClFN2O2/c14-11-7-9(15)1-2-12(11)16-13(19)8-17-5-3-10(18)4-6-17/h1-2,7,10,18H,3-6,8H2,(H,16,19). The average Bonchev–Trinajstić information content (AvgIpc) is 2.36. The Balaban J connectivity index is 1.87. The van der Waals surface area contributed by atoms with Gasteiger partial charge in [-0.1, -0.05) is 11.6 Å². The van der Waals surface area contributed by atoms with Gasteiger partial charge in [0.1, 0.15) is 5.82 Å². The van der Waals surface area contributed by atoms with Crippen molar-refractivity contribution in [3.05, 3.63) is 29.0 Å². The molecule has 0 bridgehead atoms. The second-order valence-electron chi connectivity index (χ2n) is 4.68. The lowest BCUT2D eigenvalue weighted by atomic mass is 10.1. The Morgan fingerprint density at radius 2 is 2.16 bits per heavy atom. The lowest BCUT2D eigenvalue weighted by Crippen LogP contribution is -2.40. The molecule has 1 amide bonds. The maximum absolute atomic E-state index is 12.9. The minimum atomic E-state index is -0.437. The number of aliphatic hydroxyl groups is 1. The van der Waals surface area contributed by atoms with E-state index >= 15 is 0 Å². The Hall–Kier alpha value is -1.17. The van der Waals surface area contributed by atoms with Gasteiger partial charge >= 0.3 is 0 Å². The summed E-state index contributed by atoms with van der Waals surface area (Å²) >= 11 is 5.83. The van der Waals surface area contributed by atoms with E-state index in [-0.39, 0.29) is 23.6 Å². The molecular formula is C13H16ClFN2O2. The molecule has 104 valence electrons. The number of carbonyl (C=O) groups excluding carboxylic acids is 1. The molecule has 0 atom stereocenters. The van der Waals surface area contributed by atoms with E-state index in [1.54, 1.807) is 0 Å². The Bertz CT molecular complexity index is 462. The first kappa shape index (κ1) is 14.2. The van der Waals surface area contributed by atoms with Gasteiger partial charge in [0.25, 0.3) is 0 Å². The van der Waals surface area contributed by atoms with Gasteiger partial charge in [-0.05, 0) is 31.0 Å². The van der Waals surface area contributed by atoms with E-state index in [2.05, 4.69) is 5.32 Å². The van der Waals surface area contributed by atoms with Crippen LogP contribution in [0.4, 0.5) is 10.1 Å². The number of nitrogens with zero attached hydrogens (tertiary/aromatic N) is 1. The van der Waals surface area contributed by atoms with Gasteiger partial charge in [-0.3, -0.25) is 9.69 Å². The number of hydrogen-bond acceptors (Lipinski definition) is 3. The quantitative estimate of drug-likeness (QED) is 0.892. The van der Waals surface area contributed by atoms with Crippen LogP contribution in [0.25, 0.3) is 0 Å². The molecule has 1 aliphatic rings. The van der Waals surface area contributed by atoms with E-state index in [0.717, 1.165) is 6.07 Å². The Kier molecular flexibility index (Phi) is 4.74. The lowest BCUT2D eigenvalue weighted by Gasteiger charge is -2.28. The number of nitrogens with one attached hydrogen (secondary N) is 1. The Morgan fingerprint density at radius 3 is 2.79 bits per heavy atom. The number of carbonyl (C=O) groups is 1. The molecule has 0 saturated carbocycles. The van der Waals surface area contributed by atoms with Crippen LogP contribution in [0.1, 0.15) is 12.8 Å². The van der Waals surface area contributed by atoms with E-state index in [1.165, 1.54) is 12.1 Å². The molecule has 4 nitrogen and oxygen atoms in total. The highest BCUT2D eigenvalue weighted by Crippen LogP contribution is 2.22. The van der Waals surface area contributed by atoms with Crippen molar-refractivity contribution in [2.45, 2.75) is 18.9 Å². The molecule has 0 radical (unpaired) electrons. The number of aliphatic hydroxyl groups excluding tert-OH is 1. The molecule has 1 fully saturated rings. The third-order valence-corrected chi connectivity index (χ3v) is 3.44. The number of likely N-dealkylation sites (tertiary alicyclic amines) is 1. The molecule has 1 aromatic carbocycles. The van der Waals surface area contributed by atoms with Crippen molar-refractivity contribution in [3.8, 4) is 0 Å². The zero-order valence-electron chi connectivity index (χ0n) is 10.4. The summed E-state index contributed by atoms with van der Waals surface area (Å²) < 4.78 is 12.9. The Labute approximate surface area is 116 Å². The van der Waals surface area contributed by atoms with Crippen molar-refractivity contribution in [1.82, 2.24) is 4.90 Å². The number of anilines is 1. The fourth-order valence-electron chi connectivity index (χ4n) is 2.06. The van der Waals surface area contributed by atoms with Crippen molar-refractivity contribution in [2.75, 3.05) is 25.0 Å². The average molecular weight is 287 g/mol. The van der Waals surface area contributed by atoms with Gasteiger partial charge in [0.15, 0.2) is 0 Å². The van der Waals surface area contributed by atoms with Gasteiger partial charge in [-0.25, -0.2) is 4.39 Å². The molecule has 1 aromatic rings. The number of hydrogen-bond donors (Lipinski definition) is 2. The van der Waals surface area contributed by atoms with Crippen LogP contribution in [0.3, 0.4) is 0 Å². The van der Waals surface area contributed by atoms with Crippen LogP contribution < -0.4 is 5.32 Å². The first-order valence-corrected chi connectivity index (χ1v) is 6.58. The molecule has 2 rings (SSSR count). The largest absolute Gasteiger partial charge is 0.393 e. The van der Waals surface area contributed by atoms with Crippen LogP contribution in [-0.4, -0.2) is 41.7 Å². The van der Waals surface area contributed by atoms with Crippen LogP contribution >= 0.6 is 11.6 Å². The molecule has 6 heteroatoms. The second kappa shape index (κ2) is 6.32. The normalized spacial score (nSPS) is 17.4. The van der Waals surface area contributed by atoms with Gasteiger partial charge in [0, 0.05) is 13.1 Å². The molecule has 1 aliphatic heterocycles. The second-order valence-corrected chi connectivity index (χ2v) is 5.09. The maximum Gasteiger partial charge on any atom is 0.238 e. The predicted molar refractivity (Wildman–Crippen MR) is 71.7 cm³/mol. The smallest absolute Gasteiger partial charge is 0.238 e. The van der Waals surface area contributed by atoms with E-state index in [1.807, 2.05) is 4.90 Å². The maximum atomic E-state index is 12.9. The highest BCUT2D eigenvalue weighted by molar-refractivity contribution is 6.33. The number of halogens is 2. The van der Waals surface area contributed by atoms with E-state index in [9.17, 15) is 14.3 Å². The van der Waals surface area contributed by atoms with Crippen molar-refractivity contribution in [3.63, 3.8) is 0 Å². The van der Waals surface area contributed by atoms with Gasteiger partial charge in [0.05, 0.1) is 23.4 Å². The molecule has 0 aromatic heterocycles. The SMILES string of the molecule is O=C(CN1CCC(O)CC1)Nc1ccc(F)cc1Cl. The summed E-state index contributed by atoms with van der Waals surface area (Å²) in [5.74, 6) is -0.627. The summed E-state index contributed by atoms with van der Waals surface area (Å²) in [6, 6.07) is 3.85. The molecule has 1 heterocycles. The molecule has 0 aliphatic carbocycles. The first-order chi connectivity index (χ1) is 9.04. The van der Waals surface area contributed by atoms with Crippen LogP contribution in [0.5, 0.6) is 0 Å². The minimum Gasteiger partial charge on any atom is -0.393 e. The fourth-order valence-corrected chi connectivity index (χ4v) is 2.28. The van der Waals surface area contributed by atoms with Crippen LogP contribution in [0, 0.1) is 5.82 Å². The minimum absolute atomic E-state index is 0.183. The van der Waals surface area contributed by atoms with Gasteiger partial charge in [0.2, 0.25) is 5.91 Å². The van der Waals surface area contributed by atoms with E-state index in [4.69, 9.17) is 11.6 Å². The molecule has 0 spiro atoms. The van der Waals surface area contributed by atoms with Gasteiger partial charge in [-0.15, -0.1) is 0 Å². The highest BCUT2D eigenvalue weighted by Gasteiger charge is 2.19. The zero-order chi connectivity index (χ0) is 13.8. The van der Waals surface area contributed by atoms with Crippen LogP contribution in [0.15, 0.2) is 18.2 Å². The van der Waals surface area contributed by atoms with Gasteiger partial charge < -0.3 is 10.4 Å². The summed E-state index contributed by atoms with van der Waals surface area (Å²) in [5.41, 5.74) is 0.408. The third kappa shape index (κ3) is 4.16. The van der Waals surface area contributed by atoms with E-state index in [0.29, 0.717) is 31.6 Å². The summed E-state index contributed by atoms with van der Waals surface area (Å²) in [6.07, 6.45) is 1.11. The summed E-state index contributed by atoms with van der Waals surface area (Å²) in [4.78, 5) is 13.8. The van der Waals surface area contributed by atoms with Crippen LogP contribution in [0.2, 0.25) is 5.02 Å². The Morgan fingerprint density at radius 1 is 1.47 bits per heavy atom. The molecule has 1 saturated heterocycles. The van der Waals surface area contributed by atoms with Crippen molar-refractivity contribution < 1.29 is 14.3 Å². The molecule has 19 heavy (non-hydrogen) atoms. The number of piperidine rings is 1. The monoisotopic (exact) mass is 286 g/mol. The highest BCUT2D eigenvalue weighted by atomic mass is 35.5. The molecular weight excluding hydrogens is 271 g/mol. The topological polar surface area (TPSA) is 52.6 Å². The summed E-state index contributed by atoms with van der Waals surface area (Å²) in [5, 5.41) is 12.2. The van der Waals surface area contributed by atoms with Crippen molar-refractivity contribution >= 4 is 23.2 Å². The van der Waals surface area contributed by atoms with Crippen molar-refractivity contribution in [2.24, 2.45) is 0 Å². The fraction of sp³-hybridized carbons (Fsp3) is 0.462. The summed E-state index contributed by atoms with van der Waals surface area (Å²) in [6.45, 7) is 1.65. The number of rotatable bonds is 3. The summed E-state index contributed by atoms with van der Waals surface area (Å²) in [7, 11) is 0. The van der Waals surface area contributed by atoms with E-state index < -0.39 is 5.82 Å². The van der Waals surface area contributed by atoms with Crippen molar-refractivity contribution in [1.29, 1.82) is 0 Å². The molecule has 2 N–H and O–H groups in total. The molecule has 0 unspecified atom stereocenters. The van der Waals surface area contributed by atoms with Gasteiger partial charge in [-0.2, -0.15) is 0 Å². The first-order valence-electron chi connectivity index (χ1n) is 6.20. The third-order valence-electron chi connectivity index (χ3n) is 3.13. The number of amides is 1. The zero-order valence-corrected chi connectivity index (χ0v) is 11.2. The van der Waals surface area contributed by atoms with Crippen LogP contribution in [-0.2, 0) is 4.79 Å². The number of benzene rings is 1. The lowest BCUT2D eigenvalue weighted by molar-refractivity contribution is -0.117. The predicted octanol–water partition coefficient (Wildman–Crippen LogP) is 1.87.